The molecule has 1 heterocycles. The van der Waals surface area contributed by atoms with Gasteiger partial charge in [-0.15, -0.1) is 0 Å². The van der Waals surface area contributed by atoms with Gasteiger partial charge in [-0.05, 0) is 68.1 Å². The second kappa shape index (κ2) is 13.3. The van der Waals surface area contributed by atoms with E-state index in [1.807, 2.05) is 37.3 Å². The predicted octanol–water partition coefficient (Wildman–Crippen LogP) is 5.79. The number of halogens is 1. The third kappa shape index (κ3) is 7.19. The van der Waals surface area contributed by atoms with Gasteiger partial charge in [-0.1, -0.05) is 37.5 Å². The van der Waals surface area contributed by atoms with E-state index in [0.717, 1.165) is 43.4 Å². The fraction of sp³-hybridized carbons (Fsp3) is 0.419. The topological polar surface area (TPSA) is 72.2 Å². The van der Waals surface area contributed by atoms with Crippen molar-refractivity contribution >= 4 is 11.8 Å². The van der Waals surface area contributed by atoms with E-state index in [1.165, 1.54) is 12.1 Å². The first kappa shape index (κ1) is 28.2. The Kier molecular flexibility index (Phi) is 9.63. The van der Waals surface area contributed by atoms with Crippen molar-refractivity contribution in [3.8, 4) is 11.5 Å². The number of methoxy groups -OCH3 is 2. The number of furan rings is 1. The minimum Gasteiger partial charge on any atom is -0.493 e. The fourth-order valence-corrected chi connectivity index (χ4v) is 5.14. The highest BCUT2D eigenvalue weighted by Crippen LogP contribution is 2.28. The summed E-state index contributed by atoms with van der Waals surface area (Å²) < 4.78 is 31.2. The number of carbonyl (C=O) groups is 2. The Morgan fingerprint density at radius 1 is 0.974 bits per heavy atom. The maximum absolute atomic E-state index is 14.6. The number of ether oxygens (including phenoxy) is 2. The Morgan fingerprint density at radius 2 is 1.72 bits per heavy atom. The molecule has 4 rings (SSSR count). The zero-order valence-electron chi connectivity index (χ0n) is 23.0. The van der Waals surface area contributed by atoms with Crippen LogP contribution in [0.3, 0.4) is 0 Å². The fourth-order valence-electron chi connectivity index (χ4n) is 5.14. The van der Waals surface area contributed by atoms with E-state index in [2.05, 4.69) is 0 Å². The Balaban J connectivity index is 1.56. The summed E-state index contributed by atoms with van der Waals surface area (Å²) in [5, 5.41) is 0. The highest BCUT2D eigenvalue weighted by Gasteiger charge is 2.31. The van der Waals surface area contributed by atoms with Gasteiger partial charge in [0.05, 0.1) is 26.3 Å². The quantitative estimate of drug-likeness (QED) is 0.310. The summed E-state index contributed by atoms with van der Waals surface area (Å²) in [6.45, 7) is 2.41. The average Bonchev–Trinajstić information content (AvgIpc) is 3.38. The molecule has 0 radical (unpaired) electrons. The van der Waals surface area contributed by atoms with Gasteiger partial charge in [-0.25, -0.2) is 4.39 Å². The smallest absolute Gasteiger partial charge is 0.257 e. The van der Waals surface area contributed by atoms with Gasteiger partial charge in [0.1, 0.15) is 23.9 Å². The van der Waals surface area contributed by atoms with Crippen LogP contribution < -0.4 is 9.47 Å². The third-order valence-corrected chi connectivity index (χ3v) is 7.30. The number of hydrogen-bond donors (Lipinski definition) is 0. The third-order valence-electron chi connectivity index (χ3n) is 7.30. The summed E-state index contributed by atoms with van der Waals surface area (Å²) in [4.78, 5) is 30.7. The lowest BCUT2D eigenvalue weighted by atomic mass is 9.93. The van der Waals surface area contributed by atoms with Crippen molar-refractivity contribution in [2.24, 2.45) is 0 Å². The number of carbonyl (C=O) groups excluding carboxylic acids is 2. The van der Waals surface area contributed by atoms with Gasteiger partial charge < -0.3 is 23.7 Å². The molecular weight excluding hydrogens is 499 g/mol. The van der Waals surface area contributed by atoms with Crippen LogP contribution in [0.15, 0.2) is 59.0 Å². The zero-order valence-corrected chi connectivity index (χ0v) is 23.0. The molecule has 1 aliphatic carbocycles. The molecule has 1 aliphatic rings. The van der Waals surface area contributed by atoms with E-state index >= 15 is 0 Å². The summed E-state index contributed by atoms with van der Waals surface area (Å²) in [7, 11) is 3.17. The van der Waals surface area contributed by atoms with Crippen molar-refractivity contribution in [1.82, 2.24) is 9.80 Å². The first-order valence-corrected chi connectivity index (χ1v) is 13.5. The SMILES string of the molecule is COc1ccc(CCN(Cc2ccc(C)o2)C(=O)CN(C(=O)c2ccccc2F)C2CCCCC2)cc1OC. The van der Waals surface area contributed by atoms with Gasteiger partial charge in [0.2, 0.25) is 5.91 Å². The second-order valence-corrected chi connectivity index (χ2v) is 9.97. The van der Waals surface area contributed by atoms with Gasteiger partial charge in [-0.3, -0.25) is 9.59 Å². The van der Waals surface area contributed by atoms with Crippen LogP contribution >= 0.6 is 0 Å². The monoisotopic (exact) mass is 536 g/mol. The molecule has 0 atom stereocenters. The standard InChI is InChI=1S/C31H37FN2O5/c1-22-13-15-25(39-22)20-33(18-17-23-14-16-28(37-2)29(19-23)38-3)30(35)21-34(24-9-5-4-6-10-24)31(36)26-11-7-8-12-27(26)32/h7-8,11-16,19,24H,4-6,9-10,17-18,20-21H2,1-3H3. The van der Waals surface area contributed by atoms with E-state index in [-0.39, 0.29) is 30.6 Å². The summed E-state index contributed by atoms with van der Waals surface area (Å²) in [6.07, 6.45) is 5.23. The number of benzene rings is 2. The van der Waals surface area contributed by atoms with Gasteiger partial charge >= 0.3 is 0 Å². The Labute approximate surface area is 229 Å². The molecule has 3 aromatic rings. The van der Waals surface area contributed by atoms with Crippen LogP contribution in [0.2, 0.25) is 0 Å². The molecule has 1 fully saturated rings. The highest BCUT2D eigenvalue weighted by molar-refractivity contribution is 5.97. The highest BCUT2D eigenvalue weighted by atomic mass is 19.1. The zero-order chi connectivity index (χ0) is 27.8. The van der Waals surface area contributed by atoms with Crippen LogP contribution in [0.5, 0.6) is 11.5 Å². The van der Waals surface area contributed by atoms with Crippen molar-refractivity contribution in [3.05, 3.63) is 83.1 Å². The summed E-state index contributed by atoms with van der Waals surface area (Å²) >= 11 is 0. The lowest BCUT2D eigenvalue weighted by Gasteiger charge is -2.35. The molecule has 0 aliphatic heterocycles. The maximum atomic E-state index is 14.6. The molecule has 1 saturated carbocycles. The molecule has 1 aromatic heterocycles. The molecule has 8 heteroatoms. The van der Waals surface area contributed by atoms with E-state index in [9.17, 15) is 14.0 Å². The molecule has 39 heavy (non-hydrogen) atoms. The molecule has 7 nitrogen and oxygen atoms in total. The minimum absolute atomic E-state index is 0.00518. The van der Waals surface area contributed by atoms with Crippen LogP contribution in [0.4, 0.5) is 4.39 Å². The molecule has 0 unspecified atom stereocenters. The number of hydrogen-bond acceptors (Lipinski definition) is 5. The molecule has 0 spiro atoms. The molecular formula is C31H37FN2O5. The van der Waals surface area contributed by atoms with E-state index in [1.54, 1.807) is 36.2 Å². The molecule has 2 aromatic carbocycles. The number of amides is 2. The van der Waals surface area contributed by atoms with Crippen LogP contribution in [0.1, 0.15) is 59.5 Å². The Morgan fingerprint density at radius 3 is 2.38 bits per heavy atom. The molecule has 0 bridgehead atoms. The first-order valence-electron chi connectivity index (χ1n) is 13.5. The Hall–Kier alpha value is -3.81. The summed E-state index contributed by atoms with van der Waals surface area (Å²) in [5.41, 5.74) is 0.974. The Bertz CT molecular complexity index is 1270. The van der Waals surface area contributed by atoms with E-state index < -0.39 is 11.7 Å². The first-order chi connectivity index (χ1) is 18.9. The van der Waals surface area contributed by atoms with Gasteiger partial charge in [0.25, 0.3) is 5.91 Å². The minimum atomic E-state index is -0.577. The normalized spacial score (nSPS) is 13.6. The number of nitrogens with zero attached hydrogens (tertiary/aromatic N) is 2. The van der Waals surface area contributed by atoms with Crippen LogP contribution in [0.25, 0.3) is 0 Å². The lowest BCUT2D eigenvalue weighted by molar-refractivity contribution is -0.133. The van der Waals surface area contributed by atoms with Crippen molar-refractivity contribution in [2.45, 2.75) is 58.0 Å². The summed E-state index contributed by atoms with van der Waals surface area (Å²) in [6, 6.07) is 15.3. The van der Waals surface area contributed by atoms with Crippen molar-refractivity contribution in [1.29, 1.82) is 0 Å². The van der Waals surface area contributed by atoms with Crippen LogP contribution in [-0.4, -0.2) is 55.0 Å². The number of aryl methyl sites for hydroxylation is 1. The maximum Gasteiger partial charge on any atom is 0.257 e. The van der Waals surface area contributed by atoms with Crippen LogP contribution in [-0.2, 0) is 17.8 Å². The number of rotatable bonds is 11. The van der Waals surface area contributed by atoms with Crippen molar-refractivity contribution in [2.75, 3.05) is 27.3 Å². The average molecular weight is 537 g/mol. The predicted molar refractivity (Wildman–Crippen MR) is 146 cm³/mol. The van der Waals surface area contributed by atoms with Crippen molar-refractivity contribution < 1.29 is 27.9 Å². The molecule has 2 amide bonds. The largest absolute Gasteiger partial charge is 0.493 e. The second-order valence-electron chi connectivity index (χ2n) is 9.97. The van der Waals surface area contributed by atoms with Crippen molar-refractivity contribution in [3.63, 3.8) is 0 Å². The molecule has 0 saturated heterocycles. The van der Waals surface area contributed by atoms with Gasteiger partial charge in [-0.2, -0.15) is 0 Å². The van der Waals surface area contributed by atoms with Gasteiger partial charge in [0, 0.05) is 12.6 Å². The van der Waals surface area contributed by atoms with Crippen LogP contribution in [0, 0.1) is 12.7 Å². The van der Waals surface area contributed by atoms with E-state index in [4.69, 9.17) is 13.9 Å². The summed E-state index contributed by atoms with van der Waals surface area (Å²) in [5.74, 6) is 1.45. The lowest BCUT2D eigenvalue weighted by Crippen LogP contribution is -2.48. The van der Waals surface area contributed by atoms with Gasteiger partial charge in [0.15, 0.2) is 11.5 Å². The van der Waals surface area contributed by atoms with E-state index in [0.29, 0.717) is 30.2 Å². The molecule has 0 N–H and O–H groups in total. The molecule has 208 valence electrons.